The summed E-state index contributed by atoms with van der Waals surface area (Å²) in [6.45, 7) is 7.84. The van der Waals surface area contributed by atoms with Gasteiger partial charge < -0.3 is 15.0 Å². The molecule has 1 aliphatic heterocycles. The first-order chi connectivity index (χ1) is 17.2. The lowest BCUT2D eigenvalue weighted by Gasteiger charge is -2.32. The zero-order valence-electron chi connectivity index (χ0n) is 21.2. The molecule has 5 rings (SSSR count). The van der Waals surface area contributed by atoms with E-state index in [4.69, 9.17) is 9.72 Å². The van der Waals surface area contributed by atoms with Crippen LogP contribution in [-0.4, -0.2) is 56.7 Å². The molecule has 36 heavy (non-hydrogen) atoms. The summed E-state index contributed by atoms with van der Waals surface area (Å²) in [6, 6.07) is 7.42. The maximum atomic E-state index is 12.7. The molecule has 2 fully saturated rings. The third-order valence-corrected chi connectivity index (χ3v) is 7.37. The third kappa shape index (κ3) is 4.82. The SMILES string of the molecule is COC(=O)c1ccc(-c2nc(Nc3cnn(C4CCN(C(=O)[C@H]5CC5(C)C)CC4)c3)ncc2C)cc1. The molecule has 1 saturated heterocycles. The Morgan fingerprint density at radius 2 is 1.81 bits per heavy atom. The number of nitrogens with one attached hydrogen (secondary N) is 1. The van der Waals surface area contributed by atoms with E-state index >= 15 is 0 Å². The van der Waals surface area contributed by atoms with Crippen LogP contribution < -0.4 is 5.32 Å². The van der Waals surface area contributed by atoms with Gasteiger partial charge in [0.05, 0.1) is 36.3 Å². The van der Waals surface area contributed by atoms with Crippen LogP contribution in [0, 0.1) is 18.3 Å². The Kier molecular flexibility index (Phi) is 6.24. The molecule has 2 aromatic heterocycles. The van der Waals surface area contributed by atoms with E-state index in [-0.39, 0.29) is 23.3 Å². The lowest BCUT2D eigenvalue weighted by atomic mass is 10.0. The second kappa shape index (κ2) is 9.37. The van der Waals surface area contributed by atoms with Gasteiger partial charge in [-0.05, 0) is 49.3 Å². The molecule has 0 spiro atoms. The normalized spacial score (nSPS) is 19.1. The van der Waals surface area contributed by atoms with Crippen molar-refractivity contribution in [2.45, 2.75) is 46.1 Å². The number of methoxy groups -OCH3 is 1. The van der Waals surface area contributed by atoms with Crippen molar-refractivity contribution in [1.82, 2.24) is 24.6 Å². The number of piperidine rings is 1. The molecule has 1 aromatic carbocycles. The number of amides is 1. The number of rotatable bonds is 6. The summed E-state index contributed by atoms with van der Waals surface area (Å²) >= 11 is 0. The van der Waals surface area contributed by atoms with Crippen molar-refractivity contribution >= 4 is 23.5 Å². The van der Waals surface area contributed by atoms with Crippen LogP contribution in [-0.2, 0) is 9.53 Å². The van der Waals surface area contributed by atoms with Gasteiger partial charge in [-0.3, -0.25) is 9.48 Å². The van der Waals surface area contributed by atoms with Gasteiger partial charge in [-0.2, -0.15) is 5.10 Å². The Balaban J connectivity index is 1.22. The number of likely N-dealkylation sites (tertiary alicyclic amines) is 1. The third-order valence-electron chi connectivity index (χ3n) is 7.37. The fourth-order valence-corrected chi connectivity index (χ4v) is 4.87. The lowest BCUT2D eigenvalue weighted by Crippen LogP contribution is -2.40. The fraction of sp³-hybridized carbons (Fsp3) is 0.444. The van der Waals surface area contributed by atoms with Crippen LogP contribution in [0.1, 0.15) is 55.1 Å². The maximum Gasteiger partial charge on any atom is 0.337 e. The molecule has 0 bridgehead atoms. The molecule has 1 aliphatic carbocycles. The van der Waals surface area contributed by atoms with Gasteiger partial charge in [-0.25, -0.2) is 14.8 Å². The first kappa shape index (κ1) is 24.0. The van der Waals surface area contributed by atoms with E-state index in [0.29, 0.717) is 17.4 Å². The minimum absolute atomic E-state index is 0.168. The predicted molar refractivity (Wildman–Crippen MR) is 136 cm³/mol. The zero-order chi connectivity index (χ0) is 25.4. The molecule has 9 heteroatoms. The highest BCUT2D eigenvalue weighted by Gasteiger charge is 2.52. The number of benzene rings is 1. The highest BCUT2D eigenvalue weighted by molar-refractivity contribution is 5.90. The summed E-state index contributed by atoms with van der Waals surface area (Å²) in [7, 11) is 1.37. The first-order valence-electron chi connectivity index (χ1n) is 12.4. The minimum atomic E-state index is -0.371. The van der Waals surface area contributed by atoms with Gasteiger partial charge in [0.25, 0.3) is 0 Å². The van der Waals surface area contributed by atoms with Gasteiger partial charge >= 0.3 is 5.97 Å². The number of nitrogens with zero attached hydrogens (tertiary/aromatic N) is 5. The average molecular weight is 489 g/mol. The molecule has 0 radical (unpaired) electrons. The van der Waals surface area contributed by atoms with Crippen LogP contribution in [0.5, 0.6) is 0 Å². The second-order valence-electron chi connectivity index (χ2n) is 10.4. The molecular formula is C27H32N6O3. The Bertz CT molecular complexity index is 1270. The first-order valence-corrected chi connectivity index (χ1v) is 12.4. The molecule has 9 nitrogen and oxygen atoms in total. The van der Waals surface area contributed by atoms with Crippen LogP contribution in [0.15, 0.2) is 42.9 Å². The molecule has 1 amide bonds. The number of anilines is 2. The number of esters is 1. The van der Waals surface area contributed by atoms with Gasteiger partial charge in [-0.1, -0.05) is 26.0 Å². The van der Waals surface area contributed by atoms with Crippen LogP contribution in [0.3, 0.4) is 0 Å². The quantitative estimate of drug-likeness (QED) is 0.514. The Labute approximate surface area is 210 Å². The highest BCUT2D eigenvalue weighted by Crippen LogP contribution is 2.52. The van der Waals surface area contributed by atoms with E-state index in [1.807, 2.05) is 34.8 Å². The van der Waals surface area contributed by atoms with Crippen molar-refractivity contribution < 1.29 is 14.3 Å². The molecule has 2 aliphatic rings. The summed E-state index contributed by atoms with van der Waals surface area (Å²) in [5.74, 6) is 0.609. The summed E-state index contributed by atoms with van der Waals surface area (Å²) in [6.07, 6.45) is 8.32. The van der Waals surface area contributed by atoms with Crippen LogP contribution in [0.25, 0.3) is 11.3 Å². The second-order valence-corrected chi connectivity index (χ2v) is 10.4. The summed E-state index contributed by atoms with van der Waals surface area (Å²) in [5.41, 5.74) is 4.07. The molecule has 1 N–H and O–H groups in total. The monoisotopic (exact) mass is 488 g/mol. The molecule has 3 aromatic rings. The van der Waals surface area contributed by atoms with Gasteiger partial charge in [-0.15, -0.1) is 0 Å². The number of ether oxygens (including phenoxy) is 1. The average Bonchev–Trinajstić information content (AvgIpc) is 3.29. The van der Waals surface area contributed by atoms with Crippen molar-refractivity contribution in [1.29, 1.82) is 0 Å². The fourth-order valence-electron chi connectivity index (χ4n) is 4.87. The summed E-state index contributed by atoms with van der Waals surface area (Å²) in [4.78, 5) is 35.6. The summed E-state index contributed by atoms with van der Waals surface area (Å²) in [5, 5.41) is 7.81. The Hall–Kier alpha value is -3.75. The molecule has 3 heterocycles. The topological polar surface area (TPSA) is 102 Å². The standard InChI is InChI=1S/C27H32N6O3/c1-17-14-28-26(31-23(17)18-5-7-19(8-6-18)25(35)36-4)30-20-15-29-33(16-20)21-9-11-32(12-10-21)24(34)22-13-27(22,2)3/h5-8,14-16,21-22H,9-13H2,1-4H3,(H,28,30,31)/t22-/m1/s1. The smallest absolute Gasteiger partial charge is 0.337 e. The van der Waals surface area contributed by atoms with E-state index in [0.717, 1.165) is 54.9 Å². The van der Waals surface area contributed by atoms with Crippen LogP contribution in [0.2, 0.25) is 0 Å². The van der Waals surface area contributed by atoms with E-state index in [1.54, 1.807) is 24.5 Å². The van der Waals surface area contributed by atoms with Crippen molar-refractivity contribution in [3.8, 4) is 11.3 Å². The number of carbonyl (C=O) groups is 2. The van der Waals surface area contributed by atoms with Crippen molar-refractivity contribution in [3.05, 3.63) is 54.0 Å². The number of hydrogen-bond donors (Lipinski definition) is 1. The number of aryl methyl sites for hydroxylation is 1. The van der Waals surface area contributed by atoms with Crippen LogP contribution in [0.4, 0.5) is 11.6 Å². The van der Waals surface area contributed by atoms with Gasteiger partial charge in [0, 0.05) is 37.0 Å². The van der Waals surface area contributed by atoms with Crippen LogP contribution >= 0.6 is 0 Å². The molecule has 0 unspecified atom stereocenters. The zero-order valence-corrected chi connectivity index (χ0v) is 21.2. The van der Waals surface area contributed by atoms with Crippen molar-refractivity contribution in [3.63, 3.8) is 0 Å². The number of aromatic nitrogens is 4. The number of carbonyl (C=O) groups excluding carboxylic acids is 2. The van der Waals surface area contributed by atoms with E-state index < -0.39 is 0 Å². The Morgan fingerprint density at radius 3 is 2.44 bits per heavy atom. The van der Waals surface area contributed by atoms with E-state index in [9.17, 15) is 9.59 Å². The lowest BCUT2D eigenvalue weighted by molar-refractivity contribution is -0.134. The van der Waals surface area contributed by atoms with Gasteiger partial charge in [0.1, 0.15) is 0 Å². The summed E-state index contributed by atoms with van der Waals surface area (Å²) < 4.78 is 6.75. The van der Waals surface area contributed by atoms with E-state index in [2.05, 4.69) is 29.2 Å². The maximum absolute atomic E-state index is 12.7. The molecule has 1 atom stereocenters. The van der Waals surface area contributed by atoms with Gasteiger partial charge in [0.2, 0.25) is 11.9 Å². The van der Waals surface area contributed by atoms with Crippen molar-refractivity contribution in [2.24, 2.45) is 11.3 Å². The largest absolute Gasteiger partial charge is 0.465 e. The van der Waals surface area contributed by atoms with Gasteiger partial charge in [0.15, 0.2) is 0 Å². The highest BCUT2D eigenvalue weighted by atomic mass is 16.5. The number of hydrogen-bond acceptors (Lipinski definition) is 7. The molecule has 1 saturated carbocycles. The predicted octanol–water partition coefficient (Wildman–Crippen LogP) is 4.39. The Morgan fingerprint density at radius 1 is 1.11 bits per heavy atom. The minimum Gasteiger partial charge on any atom is -0.465 e. The van der Waals surface area contributed by atoms with E-state index in [1.165, 1.54) is 7.11 Å². The van der Waals surface area contributed by atoms with Crippen molar-refractivity contribution in [2.75, 3.05) is 25.5 Å². The molecule has 188 valence electrons. The molecular weight excluding hydrogens is 456 g/mol.